The number of halogens is 1. The molecule has 1 aromatic heterocycles. The highest BCUT2D eigenvalue weighted by Crippen LogP contribution is 2.42. The topological polar surface area (TPSA) is 172 Å². The maximum absolute atomic E-state index is 14.0. The normalized spacial score (nSPS) is 33.3. The molecule has 0 bridgehead atoms. The van der Waals surface area contributed by atoms with Crippen molar-refractivity contribution in [2.45, 2.75) is 142 Å². The highest BCUT2D eigenvalue weighted by molar-refractivity contribution is 7.93. The Morgan fingerprint density at radius 3 is 2.48 bits per heavy atom. The van der Waals surface area contributed by atoms with E-state index in [4.69, 9.17) is 24.7 Å². The van der Waals surface area contributed by atoms with E-state index in [9.17, 15) is 23.4 Å². The fourth-order valence-electron chi connectivity index (χ4n) is 8.66. The summed E-state index contributed by atoms with van der Waals surface area (Å²) in [5, 5.41) is 19.9. The Balaban J connectivity index is 0.00000240. The predicted octanol–water partition coefficient (Wildman–Crippen LogP) is 6.47. The smallest absolute Gasteiger partial charge is 0.410 e. The van der Waals surface area contributed by atoms with Crippen LogP contribution in [0.4, 0.5) is 14.4 Å². The zero-order valence-corrected chi connectivity index (χ0v) is 36.6. The monoisotopic (exact) mass is 832 g/mol. The minimum atomic E-state index is -1.14. The van der Waals surface area contributed by atoms with Crippen molar-refractivity contribution >= 4 is 35.7 Å². The van der Waals surface area contributed by atoms with Crippen LogP contribution in [0.15, 0.2) is 42.1 Å². The molecule has 4 heterocycles. The Morgan fingerprint density at radius 2 is 1.83 bits per heavy atom. The lowest BCUT2D eigenvalue weighted by molar-refractivity contribution is -0.267. The number of ether oxygens (including phenoxy) is 4. The fraction of sp³-hybridized carbons (Fsp3) is 0.690. The number of Topliss-reactive ketones (excluding diaryl/α,β-unsaturated/α-hetero) is 1. The number of fused-ring (bicyclic) bond motifs is 1. The van der Waals surface area contributed by atoms with E-state index in [2.05, 4.69) is 23.3 Å². The van der Waals surface area contributed by atoms with E-state index < -0.39 is 60.1 Å². The molecule has 324 valence electrons. The van der Waals surface area contributed by atoms with Gasteiger partial charge < -0.3 is 39.6 Å². The fourth-order valence-corrected chi connectivity index (χ4v) is 8.66. The number of cyclic esters (lactones) is 1. The van der Waals surface area contributed by atoms with Crippen LogP contribution in [-0.2, 0) is 35.1 Å². The van der Waals surface area contributed by atoms with Gasteiger partial charge in [0.1, 0.15) is 23.8 Å². The number of hydrogen-bond donors (Lipinski definition) is 2. The average Bonchev–Trinajstić information content (AvgIpc) is 3.75. The van der Waals surface area contributed by atoms with Crippen LogP contribution in [0.25, 0.3) is 11.3 Å². The van der Waals surface area contributed by atoms with Crippen molar-refractivity contribution in [1.29, 1.82) is 0 Å². The van der Waals surface area contributed by atoms with Crippen molar-refractivity contribution in [2.75, 3.05) is 32.6 Å². The number of carbonyl (C=O) groups excluding carboxylic acids is 3. The van der Waals surface area contributed by atoms with Crippen molar-refractivity contribution in [3.63, 3.8) is 0 Å². The lowest BCUT2D eigenvalue weighted by Crippen LogP contribution is -2.56. The molecule has 0 aliphatic carbocycles. The molecule has 2 aromatic rings. The van der Waals surface area contributed by atoms with E-state index in [-0.39, 0.29) is 36.0 Å². The summed E-state index contributed by atoms with van der Waals surface area (Å²) in [6.07, 6.45) is 5.05. The Morgan fingerprint density at radius 1 is 1.14 bits per heavy atom. The average molecular weight is 833 g/mol. The molecule has 11 atom stereocenters. The molecule has 0 radical (unpaired) electrons. The zero-order valence-electron chi connectivity index (χ0n) is 35.8. The number of amides is 1. The van der Waals surface area contributed by atoms with Crippen molar-refractivity contribution in [2.24, 2.45) is 17.8 Å². The van der Waals surface area contributed by atoms with Gasteiger partial charge in [-0.1, -0.05) is 44.2 Å². The second-order valence-electron chi connectivity index (χ2n) is 16.4. The lowest BCUT2D eigenvalue weighted by Gasteiger charge is -2.43. The molecule has 2 unspecified atom stereocenters. The van der Waals surface area contributed by atoms with Gasteiger partial charge in [0.25, 0.3) is 0 Å². The number of carbonyl (C=O) groups is 3. The van der Waals surface area contributed by atoms with E-state index in [1.165, 1.54) is 6.26 Å². The number of benzene rings is 1. The summed E-state index contributed by atoms with van der Waals surface area (Å²) in [6, 6.07) is 6.92. The molecule has 58 heavy (non-hydrogen) atoms. The summed E-state index contributed by atoms with van der Waals surface area (Å²) >= 11 is 0.250. The minimum absolute atomic E-state index is 0.0478. The second kappa shape index (κ2) is 21.1. The molecular formula is C42H65FN6O8S. The number of esters is 1. The van der Waals surface area contributed by atoms with Gasteiger partial charge in [0, 0.05) is 54.7 Å². The van der Waals surface area contributed by atoms with Crippen LogP contribution < -0.4 is 5.73 Å². The summed E-state index contributed by atoms with van der Waals surface area (Å²) in [4.78, 5) is 45.2. The van der Waals surface area contributed by atoms with Crippen LogP contribution in [0.3, 0.4) is 0 Å². The third-order valence-electron chi connectivity index (χ3n) is 11.8. The first-order valence-corrected chi connectivity index (χ1v) is 21.6. The SMILES string of the molecule is CC[C@H]1OC(=O)[C@H](C)C(=O)[C@H](C)[C@@H](O[C@@H]2O[C@H](C)CC(N(C)C)C2O)/C(C)=C/CC[C@H](C)[C@H]2N(CCCCn3cc(-c4cccc(N)c4)nn3)C(=O)O[C@]12C.CSF. The van der Waals surface area contributed by atoms with Gasteiger partial charge in [-0.25, -0.2) is 4.79 Å². The van der Waals surface area contributed by atoms with Crippen LogP contribution in [0.5, 0.6) is 0 Å². The largest absolute Gasteiger partial charge is 0.458 e. The molecule has 3 N–H and O–H groups in total. The Kier molecular flexibility index (Phi) is 17.1. The molecule has 3 aliphatic rings. The number of likely N-dealkylation sites (N-methyl/N-ethyl adjacent to an activating group) is 1. The number of anilines is 1. The zero-order chi connectivity index (χ0) is 42.9. The number of aliphatic hydroxyl groups is 1. The molecule has 3 aliphatic heterocycles. The first-order valence-electron chi connectivity index (χ1n) is 20.4. The summed E-state index contributed by atoms with van der Waals surface area (Å²) in [7, 11) is 3.82. The number of aliphatic hydroxyl groups excluding tert-OH is 1. The van der Waals surface area contributed by atoms with Gasteiger partial charge >= 0.3 is 12.1 Å². The standard InChI is InChI=1S/C41H62N6O8.CH3FS/c1-10-33-41(7)37(47(40(51)55-41)20-12-11-19-46-23-31(43-44-46)29-17-14-18-30(42)22-29)25(3)16-13-15-24(2)36(27(5)34(48)28(6)38(50)53-33)54-39-35(49)32(45(8)9)21-26(4)52-39;1-3-2/h14-15,17-18,22-23,25-28,32-33,35-37,39,49H,10-13,16,19-21,42H2,1-9H3;1H3/b24-15+;/t25-,26+,27-,28+,32?,33+,35?,36-,37+,39-,41+;/m0./s1. The quantitative estimate of drug-likeness (QED) is 0.0879. The lowest BCUT2D eigenvalue weighted by atomic mass is 9.79. The molecule has 0 saturated carbocycles. The molecule has 1 aromatic carbocycles. The van der Waals surface area contributed by atoms with Crippen molar-refractivity contribution in [3.05, 3.63) is 42.1 Å². The highest BCUT2D eigenvalue weighted by atomic mass is 32.2. The summed E-state index contributed by atoms with van der Waals surface area (Å²) in [5.74, 6) is -2.92. The third kappa shape index (κ3) is 11.2. The van der Waals surface area contributed by atoms with Crippen LogP contribution in [0.2, 0.25) is 0 Å². The van der Waals surface area contributed by atoms with Gasteiger partial charge in [0.15, 0.2) is 17.7 Å². The van der Waals surface area contributed by atoms with Crippen molar-refractivity contribution < 1.29 is 42.3 Å². The molecule has 1 amide bonds. The number of nitrogens with two attached hydrogens (primary N) is 1. The maximum atomic E-state index is 14.0. The van der Waals surface area contributed by atoms with E-state index in [1.807, 2.05) is 77.2 Å². The Bertz CT molecular complexity index is 1710. The molecule has 2 fully saturated rings. The number of unbranched alkanes of at least 4 members (excludes halogenated alkanes) is 1. The van der Waals surface area contributed by atoms with Crippen LogP contribution in [0.1, 0.15) is 87.0 Å². The molecule has 2 saturated heterocycles. The Labute approximate surface area is 347 Å². The molecular weight excluding hydrogens is 768 g/mol. The first kappa shape index (κ1) is 47.1. The van der Waals surface area contributed by atoms with E-state index >= 15 is 0 Å². The third-order valence-corrected chi connectivity index (χ3v) is 11.8. The number of ketones is 1. The number of rotatable bonds is 10. The predicted molar refractivity (Wildman–Crippen MR) is 222 cm³/mol. The van der Waals surface area contributed by atoms with E-state index in [1.54, 1.807) is 23.4 Å². The van der Waals surface area contributed by atoms with Crippen LogP contribution >= 0.6 is 12.1 Å². The van der Waals surface area contributed by atoms with E-state index in [0.717, 1.165) is 23.3 Å². The number of allylic oxidation sites excluding steroid dienone is 1. The highest BCUT2D eigenvalue weighted by Gasteiger charge is 2.58. The maximum Gasteiger partial charge on any atom is 0.410 e. The van der Waals surface area contributed by atoms with E-state index in [0.29, 0.717) is 50.9 Å². The van der Waals surface area contributed by atoms with Crippen molar-refractivity contribution in [3.8, 4) is 11.3 Å². The Hall–Kier alpha value is -3.57. The first-order chi connectivity index (χ1) is 27.5. The summed E-state index contributed by atoms with van der Waals surface area (Å²) in [6.45, 7) is 14.1. The van der Waals surface area contributed by atoms with Crippen molar-refractivity contribution in [1.82, 2.24) is 24.8 Å². The number of nitrogens with zero attached hydrogens (tertiary/aromatic N) is 5. The number of hydrogen-bond acceptors (Lipinski definition) is 13. The van der Waals surface area contributed by atoms with Gasteiger partial charge in [-0.05, 0) is 104 Å². The summed E-state index contributed by atoms with van der Waals surface area (Å²) in [5.41, 5.74) is 7.90. The number of aryl methyl sites for hydroxylation is 1. The second-order valence-corrected chi connectivity index (χ2v) is 16.7. The van der Waals surface area contributed by atoms with Gasteiger partial charge in [0.05, 0.1) is 24.4 Å². The van der Waals surface area contributed by atoms with Crippen LogP contribution in [-0.4, -0.2) is 123 Å². The van der Waals surface area contributed by atoms with Crippen LogP contribution in [0, 0.1) is 17.8 Å². The van der Waals surface area contributed by atoms with Gasteiger partial charge in [0.2, 0.25) is 0 Å². The number of nitrogen functional groups attached to an aromatic ring is 1. The molecule has 16 heteroatoms. The molecule has 0 spiro atoms. The minimum Gasteiger partial charge on any atom is -0.458 e. The van der Waals surface area contributed by atoms with Gasteiger partial charge in [-0.15, -0.1) is 5.10 Å². The molecule has 5 rings (SSSR count). The summed E-state index contributed by atoms with van der Waals surface area (Å²) < 4.78 is 36.9. The number of aromatic nitrogens is 3. The molecule has 14 nitrogen and oxygen atoms in total. The van der Waals surface area contributed by atoms with Gasteiger partial charge in [-0.2, -0.15) is 3.89 Å². The van der Waals surface area contributed by atoms with Gasteiger partial charge in [-0.3, -0.25) is 14.3 Å².